The molecule has 0 saturated heterocycles. The van der Waals surface area contributed by atoms with Crippen LogP contribution < -0.4 is 5.73 Å². The molecular weight excluding hydrogens is 264 g/mol. The second-order valence-electron chi connectivity index (χ2n) is 5.81. The van der Waals surface area contributed by atoms with Crippen LogP contribution in [-0.4, -0.2) is 22.2 Å². The second kappa shape index (κ2) is 6.31. The maximum atomic E-state index is 11.7. The highest BCUT2D eigenvalue weighted by Gasteiger charge is 2.18. The smallest absolute Gasteiger partial charge is 0.337 e. The molecule has 3 N–H and O–H groups in total. The van der Waals surface area contributed by atoms with Gasteiger partial charge in [0, 0.05) is 18.1 Å². The van der Waals surface area contributed by atoms with Crippen LogP contribution in [0.5, 0.6) is 0 Å². The van der Waals surface area contributed by atoms with Gasteiger partial charge in [-0.2, -0.15) is 0 Å². The van der Waals surface area contributed by atoms with Gasteiger partial charge in [-0.05, 0) is 48.6 Å². The maximum absolute atomic E-state index is 11.7. The molecule has 0 unspecified atom stereocenters. The summed E-state index contributed by atoms with van der Waals surface area (Å²) in [5.74, 6) is -0.565. The Kier molecular flexibility index (Phi) is 4.68. The summed E-state index contributed by atoms with van der Waals surface area (Å²) in [7, 11) is 0. The third kappa shape index (κ3) is 2.95. The van der Waals surface area contributed by atoms with Gasteiger partial charge in [-0.25, -0.2) is 4.79 Å². The first kappa shape index (κ1) is 15.6. The first-order chi connectivity index (χ1) is 9.99. The van der Waals surface area contributed by atoms with Crippen LogP contribution in [0.2, 0.25) is 0 Å². The molecular formula is C17H24N2O2. The van der Waals surface area contributed by atoms with Gasteiger partial charge in [0.25, 0.3) is 0 Å². The number of hydrogen-bond acceptors (Lipinski definition) is 2. The molecule has 4 nitrogen and oxygen atoms in total. The average molecular weight is 288 g/mol. The topological polar surface area (TPSA) is 68.2 Å². The SMILES string of the molecule is CCCn1cc(CCN)c2cc(C(C)C)cc(C(=O)O)c21. The van der Waals surface area contributed by atoms with Crippen molar-refractivity contribution in [3.05, 3.63) is 35.0 Å². The summed E-state index contributed by atoms with van der Waals surface area (Å²) in [6.07, 6.45) is 3.81. The predicted octanol–water partition coefficient (Wildman–Crippen LogP) is 3.37. The molecule has 0 aliphatic carbocycles. The largest absolute Gasteiger partial charge is 0.478 e. The van der Waals surface area contributed by atoms with E-state index in [4.69, 9.17) is 5.73 Å². The van der Waals surface area contributed by atoms with E-state index >= 15 is 0 Å². The van der Waals surface area contributed by atoms with Crippen LogP contribution in [0.15, 0.2) is 18.3 Å². The monoisotopic (exact) mass is 288 g/mol. The minimum atomic E-state index is -0.864. The van der Waals surface area contributed by atoms with Gasteiger partial charge < -0.3 is 15.4 Å². The lowest BCUT2D eigenvalue weighted by Crippen LogP contribution is -2.04. The Morgan fingerprint density at radius 1 is 1.38 bits per heavy atom. The van der Waals surface area contributed by atoms with E-state index in [1.165, 1.54) is 0 Å². The molecule has 1 aromatic carbocycles. The van der Waals surface area contributed by atoms with Gasteiger partial charge in [-0.3, -0.25) is 0 Å². The fourth-order valence-corrected chi connectivity index (χ4v) is 2.80. The third-order valence-electron chi connectivity index (χ3n) is 3.85. The average Bonchev–Trinajstić information content (AvgIpc) is 2.77. The molecule has 0 amide bonds. The van der Waals surface area contributed by atoms with Crippen LogP contribution >= 0.6 is 0 Å². The highest BCUT2D eigenvalue weighted by molar-refractivity contribution is 6.04. The van der Waals surface area contributed by atoms with Crippen molar-refractivity contribution in [2.45, 2.75) is 46.1 Å². The number of carboxylic acid groups (broad SMARTS) is 1. The molecule has 1 heterocycles. The number of fused-ring (bicyclic) bond motifs is 1. The second-order valence-corrected chi connectivity index (χ2v) is 5.81. The van der Waals surface area contributed by atoms with E-state index in [1.54, 1.807) is 0 Å². The number of nitrogens with zero attached hydrogens (tertiary/aromatic N) is 1. The zero-order valence-corrected chi connectivity index (χ0v) is 13.0. The van der Waals surface area contributed by atoms with E-state index < -0.39 is 5.97 Å². The molecule has 0 atom stereocenters. The summed E-state index contributed by atoms with van der Waals surface area (Å²) in [5, 5.41) is 10.6. The molecule has 2 aromatic rings. The number of nitrogens with two attached hydrogens (primary N) is 1. The van der Waals surface area contributed by atoms with Gasteiger partial charge in [0.05, 0.1) is 11.1 Å². The Hall–Kier alpha value is -1.81. The summed E-state index contributed by atoms with van der Waals surface area (Å²) in [6, 6.07) is 3.94. The number of carbonyl (C=O) groups is 1. The van der Waals surface area contributed by atoms with Crippen molar-refractivity contribution in [3.8, 4) is 0 Å². The summed E-state index contributed by atoms with van der Waals surface area (Å²) in [5.41, 5.74) is 9.14. The van der Waals surface area contributed by atoms with Crippen molar-refractivity contribution in [3.63, 3.8) is 0 Å². The van der Waals surface area contributed by atoms with E-state index in [0.29, 0.717) is 18.0 Å². The van der Waals surface area contributed by atoms with E-state index in [-0.39, 0.29) is 0 Å². The highest BCUT2D eigenvalue weighted by Crippen LogP contribution is 2.30. The molecule has 1 aromatic heterocycles. The van der Waals surface area contributed by atoms with Crippen LogP contribution in [-0.2, 0) is 13.0 Å². The first-order valence-electron chi connectivity index (χ1n) is 7.58. The minimum Gasteiger partial charge on any atom is -0.478 e. The summed E-state index contributed by atoms with van der Waals surface area (Å²) in [4.78, 5) is 11.7. The number of carboxylic acids is 1. The molecule has 0 aliphatic rings. The summed E-state index contributed by atoms with van der Waals surface area (Å²) >= 11 is 0. The van der Waals surface area contributed by atoms with E-state index in [2.05, 4.69) is 37.6 Å². The van der Waals surface area contributed by atoms with E-state index in [9.17, 15) is 9.90 Å². The van der Waals surface area contributed by atoms with Crippen molar-refractivity contribution in [2.75, 3.05) is 6.54 Å². The molecule has 21 heavy (non-hydrogen) atoms. The van der Waals surface area contributed by atoms with Crippen molar-refractivity contribution >= 4 is 16.9 Å². The Labute approximate surface area is 125 Å². The fraction of sp³-hybridized carbons (Fsp3) is 0.471. The van der Waals surface area contributed by atoms with Crippen LogP contribution in [0.3, 0.4) is 0 Å². The third-order valence-corrected chi connectivity index (χ3v) is 3.85. The number of aromatic nitrogens is 1. The van der Waals surface area contributed by atoms with Crippen molar-refractivity contribution in [1.82, 2.24) is 4.57 Å². The van der Waals surface area contributed by atoms with Gasteiger partial charge in [-0.15, -0.1) is 0 Å². The lowest BCUT2D eigenvalue weighted by atomic mass is 9.96. The lowest BCUT2D eigenvalue weighted by Gasteiger charge is -2.11. The lowest BCUT2D eigenvalue weighted by molar-refractivity contribution is 0.0698. The van der Waals surface area contributed by atoms with Gasteiger partial charge in [0.2, 0.25) is 0 Å². The van der Waals surface area contributed by atoms with Gasteiger partial charge >= 0.3 is 5.97 Å². The number of aromatic carboxylic acids is 1. The first-order valence-corrected chi connectivity index (χ1v) is 7.58. The van der Waals surface area contributed by atoms with Crippen LogP contribution in [0.25, 0.3) is 10.9 Å². The molecule has 114 valence electrons. The maximum Gasteiger partial charge on any atom is 0.337 e. The Bertz CT molecular complexity index is 656. The zero-order valence-electron chi connectivity index (χ0n) is 13.0. The van der Waals surface area contributed by atoms with Crippen LogP contribution in [0.1, 0.15) is 54.6 Å². The van der Waals surface area contributed by atoms with E-state index in [0.717, 1.165) is 41.4 Å². The molecule has 0 aliphatic heterocycles. The van der Waals surface area contributed by atoms with Crippen molar-refractivity contribution < 1.29 is 9.90 Å². The standard InChI is InChI=1S/C17H24N2O2/c1-4-7-19-10-12(5-6-18)14-8-13(11(2)3)9-15(16(14)19)17(20)21/h8-11H,4-7,18H2,1-3H3,(H,20,21). The predicted molar refractivity (Wildman–Crippen MR) is 86.0 cm³/mol. The molecule has 4 heteroatoms. The van der Waals surface area contributed by atoms with Gasteiger partial charge in [0.15, 0.2) is 0 Å². The molecule has 0 saturated carbocycles. The Morgan fingerprint density at radius 2 is 2.10 bits per heavy atom. The van der Waals surface area contributed by atoms with Crippen LogP contribution in [0.4, 0.5) is 0 Å². The van der Waals surface area contributed by atoms with Crippen molar-refractivity contribution in [2.24, 2.45) is 5.73 Å². The summed E-state index contributed by atoms with van der Waals surface area (Å²) < 4.78 is 2.06. The Balaban J connectivity index is 2.79. The molecule has 0 bridgehead atoms. The number of aryl methyl sites for hydroxylation is 1. The molecule has 0 radical (unpaired) electrons. The van der Waals surface area contributed by atoms with Crippen molar-refractivity contribution in [1.29, 1.82) is 0 Å². The summed E-state index contributed by atoms with van der Waals surface area (Å²) in [6.45, 7) is 7.65. The quantitative estimate of drug-likeness (QED) is 0.856. The number of benzene rings is 1. The van der Waals surface area contributed by atoms with Gasteiger partial charge in [-0.1, -0.05) is 20.8 Å². The highest BCUT2D eigenvalue weighted by atomic mass is 16.4. The fourth-order valence-electron chi connectivity index (χ4n) is 2.80. The molecule has 0 spiro atoms. The van der Waals surface area contributed by atoms with Gasteiger partial charge in [0.1, 0.15) is 0 Å². The molecule has 0 fully saturated rings. The number of hydrogen-bond donors (Lipinski definition) is 2. The Morgan fingerprint density at radius 3 is 2.62 bits per heavy atom. The normalized spacial score (nSPS) is 11.5. The minimum absolute atomic E-state index is 0.299. The molecule has 2 rings (SSSR count). The van der Waals surface area contributed by atoms with E-state index in [1.807, 2.05) is 6.07 Å². The van der Waals surface area contributed by atoms with Crippen LogP contribution in [0, 0.1) is 0 Å². The number of rotatable bonds is 6. The zero-order chi connectivity index (χ0) is 15.6.